The molecular weight excluding hydrogens is 512 g/mol. The molecule has 2 heterocycles. The van der Waals surface area contributed by atoms with Gasteiger partial charge in [0, 0.05) is 29.6 Å². The smallest absolute Gasteiger partial charge is 0.348 e. The molecule has 0 spiro atoms. The van der Waals surface area contributed by atoms with Gasteiger partial charge in [0.1, 0.15) is 10.6 Å². The van der Waals surface area contributed by atoms with Crippen LogP contribution in [0.5, 0.6) is 11.6 Å². The van der Waals surface area contributed by atoms with Crippen molar-refractivity contribution in [3.05, 3.63) is 34.2 Å². The van der Waals surface area contributed by atoms with Gasteiger partial charge < -0.3 is 19.5 Å². The van der Waals surface area contributed by atoms with Gasteiger partial charge in [0.15, 0.2) is 0 Å². The zero-order chi connectivity index (χ0) is 28.2. The zero-order valence-electron chi connectivity index (χ0n) is 23.7. The average Bonchev–Trinajstić information content (AvgIpc) is 3.33. The Morgan fingerprint density at radius 2 is 1.77 bits per heavy atom. The van der Waals surface area contributed by atoms with Crippen molar-refractivity contribution in [3.8, 4) is 23.5 Å². The Morgan fingerprint density at radius 1 is 1.08 bits per heavy atom. The van der Waals surface area contributed by atoms with Gasteiger partial charge >= 0.3 is 5.97 Å². The van der Waals surface area contributed by atoms with E-state index in [0.29, 0.717) is 28.1 Å². The number of anilines is 1. The molecule has 0 bridgehead atoms. The molecule has 0 unspecified atom stereocenters. The second-order valence-corrected chi connectivity index (χ2v) is 12.9. The summed E-state index contributed by atoms with van der Waals surface area (Å²) in [7, 11) is 1.58. The monoisotopic (exact) mass is 552 g/mol. The lowest BCUT2D eigenvalue weighted by Crippen LogP contribution is -2.47. The Balaban J connectivity index is 1.59. The van der Waals surface area contributed by atoms with Crippen molar-refractivity contribution in [3.63, 3.8) is 0 Å². The molecule has 39 heavy (non-hydrogen) atoms. The van der Waals surface area contributed by atoms with Crippen LogP contribution in [-0.4, -0.2) is 41.2 Å². The molecule has 0 aromatic carbocycles. The normalized spacial score (nSPS) is 23.3. The van der Waals surface area contributed by atoms with Gasteiger partial charge in [0.2, 0.25) is 11.8 Å². The highest BCUT2D eigenvalue weighted by Gasteiger charge is 2.37. The van der Waals surface area contributed by atoms with E-state index in [4.69, 9.17) is 9.47 Å². The van der Waals surface area contributed by atoms with Crippen LogP contribution in [0, 0.1) is 29.1 Å². The minimum atomic E-state index is -1.02. The summed E-state index contributed by atoms with van der Waals surface area (Å²) < 4.78 is 11.4. The Morgan fingerprint density at radius 3 is 2.38 bits per heavy atom. The van der Waals surface area contributed by atoms with Crippen molar-refractivity contribution in [2.24, 2.45) is 17.3 Å². The molecule has 2 aliphatic rings. The molecule has 2 aromatic rings. The number of methoxy groups -OCH3 is 1. The van der Waals surface area contributed by atoms with Gasteiger partial charge in [-0.25, -0.2) is 9.78 Å². The summed E-state index contributed by atoms with van der Waals surface area (Å²) in [6, 6.07) is 5.33. The first-order chi connectivity index (χ1) is 18.5. The first kappa shape index (κ1) is 28.9. The number of pyridine rings is 1. The summed E-state index contributed by atoms with van der Waals surface area (Å²) in [6.45, 7) is 8.30. The molecule has 0 aliphatic heterocycles. The van der Waals surface area contributed by atoms with E-state index in [1.807, 2.05) is 37.8 Å². The first-order valence-corrected chi connectivity index (χ1v) is 14.8. The van der Waals surface area contributed by atoms with E-state index in [2.05, 4.69) is 23.7 Å². The SMILES string of the molecule is COc1cc(O[C@H]2CC[C@H](N(c3cc(C#CC(C)(C)C)sc3C(=O)O)C(=O)[C@H]3CC[C@H](C)CC3)CC2)ccn1. The molecule has 1 amide bonds. The lowest BCUT2D eigenvalue weighted by Gasteiger charge is -2.39. The summed E-state index contributed by atoms with van der Waals surface area (Å²) in [5.74, 6) is 7.16. The van der Waals surface area contributed by atoms with Crippen molar-refractivity contribution in [2.45, 2.75) is 91.2 Å². The number of thiophene rings is 1. The third-order valence-electron chi connectivity index (χ3n) is 7.56. The molecule has 2 saturated carbocycles. The van der Waals surface area contributed by atoms with Gasteiger partial charge in [-0.1, -0.05) is 18.8 Å². The minimum absolute atomic E-state index is 0.00969. The maximum Gasteiger partial charge on any atom is 0.348 e. The van der Waals surface area contributed by atoms with Gasteiger partial charge in [0.25, 0.3) is 0 Å². The van der Waals surface area contributed by atoms with Crippen molar-refractivity contribution < 1.29 is 24.2 Å². The van der Waals surface area contributed by atoms with E-state index in [-0.39, 0.29) is 34.3 Å². The summed E-state index contributed by atoms with van der Waals surface area (Å²) in [6.07, 6.45) is 8.43. The van der Waals surface area contributed by atoms with Gasteiger partial charge in [-0.15, -0.1) is 11.3 Å². The highest BCUT2D eigenvalue weighted by Crippen LogP contribution is 2.39. The molecule has 2 aliphatic carbocycles. The van der Waals surface area contributed by atoms with Crippen LogP contribution in [0.3, 0.4) is 0 Å². The van der Waals surface area contributed by atoms with Crippen LogP contribution < -0.4 is 14.4 Å². The second-order valence-electron chi connectivity index (χ2n) is 11.9. The molecule has 210 valence electrons. The molecule has 1 N–H and O–H groups in total. The maximum absolute atomic E-state index is 14.1. The fourth-order valence-corrected chi connectivity index (χ4v) is 6.25. The summed E-state index contributed by atoms with van der Waals surface area (Å²) in [5, 5.41) is 10.1. The minimum Gasteiger partial charge on any atom is -0.490 e. The highest BCUT2D eigenvalue weighted by molar-refractivity contribution is 7.15. The number of aromatic nitrogens is 1. The van der Waals surface area contributed by atoms with Crippen molar-refractivity contribution in [1.29, 1.82) is 0 Å². The largest absolute Gasteiger partial charge is 0.490 e. The number of carboxylic acids is 1. The van der Waals surface area contributed by atoms with Gasteiger partial charge in [-0.3, -0.25) is 4.79 Å². The predicted octanol–water partition coefficient (Wildman–Crippen LogP) is 6.80. The summed E-state index contributed by atoms with van der Waals surface area (Å²) >= 11 is 1.16. The lowest BCUT2D eigenvalue weighted by atomic mass is 9.81. The number of hydrogen-bond acceptors (Lipinski definition) is 6. The lowest BCUT2D eigenvalue weighted by molar-refractivity contribution is -0.124. The highest BCUT2D eigenvalue weighted by atomic mass is 32.1. The molecule has 2 aromatic heterocycles. The first-order valence-electron chi connectivity index (χ1n) is 13.9. The molecule has 2 fully saturated rings. The Bertz CT molecular complexity index is 1220. The van der Waals surface area contributed by atoms with Gasteiger partial charge in [-0.05, 0) is 90.2 Å². The van der Waals surface area contributed by atoms with Crippen LogP contribution in [0.1, 0.15) is 93.6 Å². The maximum atomic E-state index is 14.1. The van der Waals surface area contributed by atoms with Gasteiger partial charge in [-0.2, -0.15) is 0 Å². The standard InChI is InChI=1S/C31H40N2O5S/c1-20-6-8-21(9-7-20)29(34)33(26-19-25(14-16-31(2,3)4)39-28(26)30(35)36)22-10-12-23(13-11-22)38-24-15-17-32-27(18-24)37-5/h15,17-23H,6-13H2,1-5H3,(H,35,36)/t20-,21-,22-,23-. The van der Waals surface area contributed by atoms with Crippen LogP contribution in [0.2, 0.25) is 0 Å². The van der Waals surface area contributed by atoms with E-state index in [1.54, 1.807) is 19.4 Å². The number of hydrogen-bond donors (Lipinski definition) is 1. The number of carbonyl (C=O) groups is 2. The van der Waals surface area contributed by atoms with Crippen molar-refractivity contribution >= 4 is 28.9 Å². The third kappa shape index (κ3) is 7.54. The van der Waals surface area contributed by atoms with Gasteiger partial charge in [0.05, 0.1) is 23.8 Å². The predicted molar refractivity (Wildman–Crippen MR) is 154 cm³/mol. The van der Waals surface area contributed by atoms with Crippen LogP contribution in [-0.2, 0) is 4.79 Å². The van der Waals surface area contributed by atoms with Crippen molar-refractivity contribution in [1.82, 2.24) is 4.98 Å². The van der Waals surface area contributed by atoms with E-state index in [0.717, 1.165) is 62.7 Å². The van der Waals surface area contributed by atoms with Crippen LogP contribution in [0.25, 0.3) is 0 Å². The number of amides is 1. The zero-order valence-corrected chi connectivity index (χ0v) is 24.5. The Labute approximate surface area is 235 Å². The topological polar surface area (TPSA) is 89.0 Å². The number of carbonyl (C=O) groups excluding carboxylic acids is 1. The van der Waals surface area contributed by atoms with Crippen LogP contribution in [0.4, 0.5) is 5.69 Å². The Kier molecular flexibility index (Phi) is 9.22. The molecule has 0 atom stereocenters. The number of nitrogens with zero attached hydrogens (tertiary/aromatic N) is 2. The molecule has 0 radical (unpaired) electrons. The number of aromatic carboxylic acids is 1. The summed E-state index contributed by atoms with van der Waals surface area (Å²) in [4.78, 5) is 33.3. The number of carboxylic acid groups (broad SMARTS) is 1. The summed E-state index contributed by atoms with van der Waals surface area (Å²) in [5.41, 5.74) is 0.288. The van der Waals surface area contributed by atoms with Crippen LogP contribution in [0.15, 0.2) is 24.4 Å². The van der Waals surface area contributed by atoms with Crippen LogP contribution >= 0.6 is 11.3 Å². The molecule has 0 saturated heterocycles. The second kappa shape index (κ2) is 12.4. The molecule has 4 rings (SSSR count). The van der Waals surface area contributed by atoms with E-state index in [1.165, 1.54) is 0 Å². The van der Waals surface area contributed by atoms with E-state index < -0.39 is 5.97 Å². The van der Waals surface area contributed by atoms with Crippen molar-refractivity contribution in [2.75, 3.05) is 12.0 Å². The number of ether oxygens (including phenoxy) is 2. The third-order valence-corrected chi connectivity index (χ3v) is 8.58. The fraction of sp³-hybridized carbons (Fsp3) is 0.581. The average molecular weight is 553 g/mol. The molecular formula is C31H40N2O5S. The van der Waals surface area contributed by atoms with E-state index in [9.17, 15) is 14.7 Å². The molecule has 8 heteroatoms. The Hall–Kier alpha value is -3.05. The fourth-order valence-electron chi connectivity index (χ4n) is 5.41. The van der Waals surface area contributed by atoms with E-state index >= 15 is 0 Å². The quantitative estimate of drug-likeness (QED) is 0.380. The molecule has 7 nitrogen and oxygen atoms in total. The number of rotatable bonds is 7.